The van der Waals surface area contributed by atoms with E-state index < -0.39 is 5.60 Å². The second kappa shape index (κ2) is 10.6. The summed E-state index contributed by atoms with van der Waals surface area (Å²) in [5, 5.41) is 3.33. The molecule has 0 bridgehead atoms. The molecular formula is C29H37N7O2. The van der Waals surface area contributed by atoms with E-state index in [1.54, 1.807) is 6.20 Å². The van der Waals surface area contributed by atoms with Gasteiger partial charge in [0, 0.05) is 62.2 Å². The van der Waals surface area contributed by atoms with Crippen molar-refractivity contribution in [2.24, 2.45) is 0 Å². The molecule has 1 amide bonds. The molecule has 1 N–H and O–H groups in total. The van der Waals surface area contributed by atoms with Gasteiger partial charge in [-0.2, -0.15) is 0 Å². The van der Waals surface area contributed by atoms with E-state index in [0.29, 0.717) is 12.4 Å². The summed E-state index contributed by atoms with van der Waals surface area (Å²) in [6, 6.07) is 8.01. The Morgan fingerprint density at radius 1 is 1.08 bits per heavy atom. The number of carbonyl (C=O) groups is 1. The molecule has 1 saturated heterocycles. The number of hydrogen-bond donors (Lipinski definition) is 1. The van der Waals surface area contributed by atoms with E-state index in [4.69, 9.17) is 9.72 Å². The molecule has 0 radical (unpaired) electrons. The summed E-state index contributed by atoms with van der Waals surface area (Å²) in [4.78, 5) is 32.6. The summed E-state index contributed by atoms with van der Waals surface area (Å²) in [6.45, 7) is 13.1. The van der Waals surface area contributed by atoms with Crippen LogP contribution in [-0.4, -0.2) is 65.5 Å². The summed E-state index contributed by atoms with van der Waals surface area (Å²) < 4.78 is 6.42. The Balaban J connectivity index is 1.36. The molecule has 4 heterocycles. The normalized spacial score (nSPS) is 15.7. The summed E-state index contributed by atoms with van der Waals surface area (Å²) in [5.74, 6) is 1.40. The van der Waals surface area contributed by atoms with Crippen LogP contribution in [0.4, 0.5) is 23.0 Å². The number of rotatable bonds is 9. The van der Waals surface area contributed by atoms with E-state index >= 15 is 0 Å². The molecule has 0 atom stereocenters. The second-order valence-corrected chi connectivity index (χ2v) is 10.4. The quantitative estimate of drug-likeness (QED) is 0.434. The predicted octanol–water partition coefficient (Wildman–Crippen LogP) is 4.81. The number of nitrogens with zero attached hydrogens (tertiary/aromatic N) is 6. The zero-order chi connectivity index (χ0) is 26.9. The lowest BCUT2D eigenvalue weighted by Gasteiger charge is -2.34. The summed E-state index contributed by atoms with van der Waals surface area (Å²) in [6.07, 6.45) is 6.99. The van der Waals surface area contributed by atoms with E-state index in [1.165, 1.54) is 0 Å². The standard InChI is InChI=1S/C29H37N7O2/c1-6-35(7-2)14-13-34(5)22-15-20(17-30-18-22)32-28-31-19-24-23-11-10-21(36-12-8-9-26(36)37)16-25(23)38-29(3,4)27(24)33-28/h10-11,15-19H,6-9,12-14H2,1-5H3,(H,31,32,33). The van der Waals surface area contributed by atoms with E-state index in [1.807, 2.05) is 49.3 Å². The van der Waals surface area contributed by atoms with Crippen LogP contribution in [0, 0.1) is 0 Å². The van der Waals surface area contributed by atoms with Crippen molar-refractivity contribution in [3.05, 3.63) is 48.5 Å². The van der Waals surface area contributed by atoms with Crippen LogP contribution in [0.2, 0.25) is 0 Å². The highest BCUT2D eigenvalue weighted by Gasteiger charge is 2.35. The number of benzene rings is 1. The molecule has 2 aliphatic heterocycles. The maximum atomic E-state index is 12.2. The van der Waals surface area contributed by atoms with Crippen LogP contribution in [0.5, 0.6) is 5.75 Å². The molecule has 5 rings (SSSR count). The van der Waals surface area contributed by atoms with Crippen molar-refractivity contribution in [3.63, 3.8) is 0 Å². The average Bonchev–Trinajstić information content (AvgIpc) is 3.34. The maximum Gasteiger partial charge on any atom is 0.227 e. The van der Waals surface area contributed by atoms with Crippen LogP contribution >= 0.6 is 0 Å². The first-order valence-electron chi connectivity index (χ1n) is 13.5. The Kier molecular flexibility index (Phi) is 7.21. The lowest BCUT2D eigenvalue weighted by atomic mass is 9.91. The van der Waals surface area contributed by atoms with Crippen molar-refractivity contribution in [1.82, 2.24) is 19.9 Å². The van der Waals surface area contributed by atoms with Crippen LogP contribution in [0.15, 0.2) is 42.9 Å². The van der Waals surface area contributed by atoms with Gasteiger partial charge in [-0.3, -0.25) is 9.78 Å². The molecule has 1 fully saturated rings. The first-order chi connectivity index (χ1) is 18.3. The van der Waals surface area contributed by atoms with Gasteiger partial charge in [-0.25, -0.2) is 9.97 Å². The number of likely N-dealkylation sites (N-methyl/N-ethyl adjacent to an activating group) is 2. The average molecular weight is 516 g/mol. The third-order valence-corrected chi connectivity index (χ3v) is 7.43. The highest BCUT2D eigenvalue weighted by atomic mass is 16.5. The molecule has 1 aromatic carbocycles. The van der Waals surface area contributed by atoms with Crippen molar-refractivity contribution in [3.8, 4) is 16.9 Å². The number of nitrogens with one attached hydrogen (secondary N) is 1. The van der Waals surface area contributed by atoms with Gasteiger partial charge in [0.15, 0.2) is 0 Å². The first-order valence-corrected chi connectivity index (χ1v) is 13.5. The van der Waals surface area contributed by atoms with Crippen LogP contribution < -0.4 is 19.9 Å². The Bertz CT molecular complexity index is 1320. The van der Waals surface area contributed by atoms with Gasteiger partial charge in [-0.1, -0.05) is 13.8 Å². The fourth-order valence-corrected chi connectivity index (χ4v) is 5.12. The molecule has 3 aromatic rings. The molecule has 9 heteroatoms. The van der Waals surface area contributed by atoms with Gasteiger partial charge < -0.3 is 24.8 Å². The minimum Gasteiger partial charge on any atom is -0.481 e. The van der Waals surface area contributed by atoms with Gasteiger partial charge in [0.2, 0.25) is 11.9 Å². The first kappa shape index (κ1) is 25.9. The van der Waals surface area contributed by atoms with E-state index in [0.717, 1.165) is 78.8 Å². The van der Waals surface area contributed by atoms with Crippen molar-refractivity contribution >= 4 is 28.9 Å². The Hall–Kier alpha value is -3.72. The van der Waals surface area contributed by atoms with Crippen LogP contribution in [0.3, 0.4) is 0 Å². The lowest BCUT2D eigenvalue weighted by molar-refractivity contribution is -0.117. The van der Waals surface area contributed by atoms with Gasteiger partial charge in [0.1, 0.15) is 11.4 Å². The second-order valence-electron chi connectivity index (χ2n) is 10.4. The number of anilines is 4. The molecule has 0 unspecified atom stereocenters. The Morgan fingerprint density at radius 2 is 1.89 bits per heavy atom. The van der Waals surface area contributed by atoms with Gasteiger partial charge >= 0.3 is 0 Å². The fraction of sp³-hybridized carbons (Fsp3) is 0.448. The van der Waals surface area contributed by atoms with E-state index in [9.17, 15) is 4.79 Å². The number of carbonyl (C=O) groups excluding carboxylic acids is 1. The minimum atomic E-state index is -0.667. The van der Waals surface area contributed by atoms with Crippen molar-refractivity contribution in [2.45, 2.75) is 46.1 Å². The SMILES string of the molecule is CCN(CC)CCN(C)c1cncc(Nc2ncc3c(n2)C(C)(C)Oc2cc(N4CCCC4=O)ccc2-3)c1. The zero-order valence-corrected chi connectivity index (χ0v) is 23.0. The van der Waals surface area contributed by atoms with E-state index in [2.05, 4.69) is 52.0 Å². The third kappa shape index (κ3) is 5.15. The molecule has 0 spiro atoms. The summed E-state index contributed by atoms with van der Waals surface area (Å²) >= 11 is 0. The van der Waals surface area contributed by atoms with Crippen LogP contribution in [0.25, 0.3) is 11.1 Å². The smallest absolute Gasteiger partial charge is 0.227 e. The molecule has 0 saturated carbocycles. The van der Waals surface area contributed by atoms with Gasteiger partial charge in [0.25, 0.3) is 0 Å². The highest BCUT2D eigenvalue weighted by molar-refractivity contribution is 5.96. The van der Waals surface area contributed by atoms with Gasteiger partial charge in [-0.15, -0.1) is 0 Å². The Labute approximate surface area is 224 Å². The Morgan fingerprint density at radius 3 is 2.63 bits per heavy atom. The molecule has 9 nitrogen and oxygen atoms in total. The number of fused-ring (bicyclic) bond motifs is 3. The van der Waals surface area contributed by atoms with Crippen molar-refractivity contribution < 1.29 is 9.53 Å². The maximum absolute atomic E-state index is 12.2. The molecule has 0 aliphatic carbocycles. The summed E-state index contributed by atoms with van der Waals surface area (Å²) in [5.41, 5.74) is 4.74. The largest absolute Gasteiger partial charge is 0.481 e. The molecule has 200 valence electrons. The molecule has 38 heavy (non-hydrogen) atoms. The van der Waals surface area contributed by atoms with Crippen molar-refractivity contribution in [2.75, 3.05) is 54.9 Å². The van der Waals surface area contributed by atoms with Gasteiger partial charge in [0.05, 0.1) is 29.5 Å². The number of aromatic nitrogens is 3. The lowest BCUT2D eigenvalue weighted by Crippen LogP contribution is -2.33. The van der Waals surface area contributed by atoms with Crippen LogP contribution in [0.1, 0.15) is 46.2 Å². The summed E-state index contributed by atoms with van der Waals surface area (Å²) in [7, 11) is 2.09. The minimum absolute atomic E-state index is 0.160. The number of hydrogen-bond acceptors (Lipinski definition) is 8. The number of pyridine rings is 1. The number of ether oxygens (including phenoxy) is 1. The number of amides is 1. The topological polar surface area (TPSA) is 86.7 Å². The molecule has 2 aromatic heterocycles. The van der Waals surface area contributed by atoms with E-state index in [-0.39, 0.29) is 5.91 Å². The zero-order valence-electron chi connectivity index (χ0n) is 23.0. The monoisotopic (exact) mass is 515 g/mol. The van der Waals surface area contributed by atoms with Gasteiger partial charge in [-0.05, 0) is 51.6 Å². The predicted molar refractivity (Wildman–Crippen MR) is 151 cm³/mol. The fourth-order valence-electron chi connectivity index (χ4n) is 5.12. The van der Waals surface area contributed by atoms with Crippen LogP contribution in [-0.2, 0) is 10.4 Å². The van der Waals surface area contributed by atoms with Crippen molar-refractivity contribution in [1.29, 1.82) is 0 Å². The highest BCUT2D eigenvalue weighted by Crippen LogP contribution is 2.46. The third-order valence-electron chi connectivity index (χ3n) is 7.43. The molecule has 2 aliphatic rings. The molecular weight excluding hydrogens is 478 g/mol.